The highest BCUT2D eigenvalue weighted by atomic mass is 32.2. The Morgan fingerprint density at radius 3 is 2.15 bits per heavy atom. The van der Waals surface area contributed by atoms with Crippen LogP contribution in [0.25, 0.3) is 0 Å². The SMILES string of the molecule is CC(C)N(c1cc(NC(=O)c2ccc(O)c(O)c2)ccc1O)S(C)(=O)=O. The number of carbonyl (C=O) groups excluding carboxylic acids is 1. The van der Waals surface area contributed by atoms with Crippen molar-refractivity contribution in [3.8, 4) is 17.2 Å². The number of aromatic hydroxyl groups is 3. The molecule has 0 aliphatic rings. The van der Waals surface area contributed by atoms with Gasteiger partial charge in [-0.2, -0.15) is 0 Å². The van der Waals surface area contributed by atoms with Crippen molar-refractivity contribution in [2.45, 2.75) is 19.9 Å². The van der Waals surface area contributed by atoms with E-state index >= 15 is 0 Å². The highest BCUT2D eigenvalue weighted by molar-refractivity contribution is 7.92. The number of nitrogens with one attached hydrogen (secondary N) is 1. The standard InChI is InChI=1S/C17H20N2O6S/c1-10(2)19(26(3,24)25)13-9-12(5-7-14(13)20)18-17(23)11-4-6-15(21)16(22)8-11/h4-10,20-22H,1-3H3,(H,18,23). The van der Waals surface area contributed by atoms with Crippen molar-refractivity contribution in [3.63, 3.8) is 0 Å². The van der Waals surface area contributed by atoms with Crippen molar-refractivity contribution in [3.05, 3.63) is 42.0 Å². The molecular formula is C17H20N2O6S. The quantitative estimate of drug-likeness (QED) is 0.465. The van der Waals surface area contributed by atoms with Crippen LogP contribution in [0.3, 0.4) is 0 Å². The third-order valence-electron chi connectivity index (χ3n) is 3.53. The fraction of sp³-hybridized carbons (Fsp3) is 0.235. The number of sulfonamides is 1. The Bertz CT molecular complexity index is 940. The van der Waals surface area contributed by atoms with Crippen LogP contribution in [-0.4, -0.2) is 41.9 Å². The first-order chi connectivity index (χ1) is 12.0. The zero-order chi connectivity index (χ0) is 19.6. The molecule has 0 spiro atoms. The Hall–Kier alpha value is -2.94. The van der Waals surface area contributed by atoms with Gasteiger partial charge in [0.15, 0.2) is 11.5 Å². The maximum atomic E-state index is 12.3. The number of rotatable bonds is 5. The molecule has 0 unspecified atom stereocenters. The van der Waals surface area contributed by atoms with E-state index in [1.54, 1.807) is 13.8 Å². The van der Waals surface area contributed by atoms with Crippen LogP contribution in [-0.2, 0) is 10.0 Å². The molecule has 8 nitrogen and oxygen atoms in total. The minimum atomic E-state index is -3.65. The molecule has 0 saturated carbocycles. The number of carbonyl (C=O) groups is 1. The molecule has 0 aliphatic carbocycles. The fourth-order valence-corrected chi connectivity index (χ4v) is 3.75. The van der Waals surface area contributed by atoms with Gasteiger partial charge in [-0.3, -0.25) is 9.10 Å². The van der Waals surface area contributed by atoms with Crippen LogP contribution in [0.1, 0.15) is 24.2 Å². The average molecular weight is 380 g/mol. The smallest absolute Gasteiger partial charge is 0.255 e. The summed E-state index contributed by atoms with van der Waals surface area (Å²) in [6.07, 6.45) is 1.02. The van der Waals surface area contributed by atoms with Gasteiger partial charge in [-0.05, 0) is 50.2 Å². The topological polar surface area (TPSA) is 127 Å². The van der Waals surface area contributed by atoms with Crippen LogP contribution >= 0.6 is 0 Å². The Morgan fingerprint density at radius 2 is 1.62 bits per heavy atom. The summed E-state index contributed by atoms with van der Waals surface area (Å²) in [7, 11) is -3.65. The van der Waals surface area contributed by atoms with Crippen molar-refractivity contribution in [2.75, 3.05) is 15.9 Å². The molecule has 0 radical (unpaired) electrons. The van der Waals surface area contributed by atoms with Crippen molar-refractivity contribution in [1.29, 1.82) is 0 Å². The van der Waals surface area contributed by atoms with E-state index in [0.29, 0.717) is 0 Å². The lowest BCUT2D eigenvalue weighted by atomic mass is 10.1. The summed E-state index contributed by atoms with van der Waals surface area (Å²) in [4.78, 5) is 12.3. The molecule has 0 atom stereocenters. The van der Waals surface area contributed by atoms with Gasteiger partial charge >= 0.3 is 0 Å². The van der Waals surface area contributed by atoms with E-state index in [2.05, 4.69) is 5.32 Å². The molecule has 1 amide bonds. The van der Waals surface area contributed by atoms with E-state index in [1.807, 2.05) is 0 Å². The normalized spacial score (nSPS) is 11.4. The molecule has 0 saturated heterocycles. The van der Waals surface area contributed by atoms with E-state index in [-0.39, 0.29) is 28.4 Å². The minimum Gasteiger partial charge on any atom is -0.506 e. The van der Waals surface area contributed by atoms with Crippen LogP contribution in [0.5, 0.6) is 17.2 Å². The van der Waals surface area contributed by atoms with Gasteiger partial charge in [0.05, 0.1) is 11.9 Å². The van der Waals surface area contributed by atoms with Gasteiger partial charge in [-0.15, -0.1) is 0 Å². The van der Waals surface area contributed by atoms with Crippen molar-refractivity contribution >= 4 is 27.3 Å². The summed E-state index contributed by atoms with van der Waals surface area (Å²) in [5, 5.41) is 31.4. The monoisotopic (exact) mass is 380 g/mol. The van der Waals surface area contributed by atoms with Crippen LogP contribution in [0.2, 0.25) is 0 Å². The average Bonchev–Trinajstić information content (AvgIpc) is 2.51. The number of amides is 1. The predicted molar refractivity (Wildman–Crippen MR) is 98.3 cm³/mol. The number of hydrogen-bond donors (Lipinski definition) is 4. The second-order valence-corrected chi connectivity index (χ2v) is 7.87. The summed E-state index contributed by atoms with van der Waals surface area (Å²) in [5.41, 5.74) is 0.386. The zero-order valence-corrected chi connectivity index (χ0v) is 15.3. The molecule has 2 aromatic carbocycles. The first-order valence-electron chi connectivity index (χ1n) is 7.66. The Kier molecular flexibility index (Phi) is 5.31. The second kappa shape index (κ2) is 7.12. The maximum Gasteiger partial charge on any atom is 0.255 e. The largest absolute Gasteiger partial charge is 0.506 e. The molecule has 2 aromatic rings. The lowest BCUT2D eigenvalue weighted by Gasteiger charge is -2.27. The van der Waals surface area contributed by atoms with E-state index in [4.69, 9.17) is 0 Å². The number of hydrogen-bond acceptors (Lipinski definition) is 6. The Labute approximate surface area is 151 Å². The van der Waals surface area contributed by atoms with Crippen LogP contribution in [0.4, 0.5) is 11.4 Å². The number of phenolic OH excluding ortho intramolecular Hbond substituents is 3. The summed E-state index contributed by atoms with van der Waals surface area (Å²) in [6.45, 7) is 3.32. The van der Waals surface area contributed by atoms with E-state index in [1.165, 1.54) is 30.3 Å². The molecule has 2 rings (SSSR count). The number of phenols is 3. The molecule has 0 aromatic heterocycles. The molecular weight excluding hydrogens is 360 g/mol. The van der Waals surface area contributed by atoms with Gasteiger partial charge in [-0.25, -0.2) is 8.42 Å². The first-order valence-corrected chi connectivity index (χ1v) is 9.51. The Balaban J connectivity index is 2.37. The lowest BCUT2D eigenvalue weighted by Crippen LogP contribution is -2.36. The molecule has 4 N–H and O–H groups in total. The van der Waals surface area contributed by atoms with Gasteiger partial charge in [0.25, 0.3) is 5.91 Å². The van der Waals surface area contributed by atoms with E-state index in [0.717, 1.165) is 16.6 Å². The van der Waals surface area contributed by atoms with Crippen LogP contribution in [0, 0.1) is 0 Å². The summed E-state index contributed by atoms with van der Waals surface area (Å²) < 4.78 is 25.1. The van der Waals surface area contributed by atoms with Gasteiger partial charge < -0.3 is 20.6 Å². The van der Waals surface area contributed by atoms with E-state index in [9.17, 15) is 28.5 Å². The maximum absolute atomic E-state index is 12.3. The van der Waals surface area contributed by atoms with Gasteiger partial charge in [0.2, 0.25) is 10.0 Å². The van der Waals surface area contributed by atoms with Crippen molar-refractivity contribution < 1.29 is 28.5 Å². The minimum absolute atomic E-state index is 0.0360. The van der Waals surface area contributed by atoms with Crippen LogP contribution < -0.4 is 9.62 Å². The molecule has 0 bridgehead atoms. The number of anilines is 2. The molecule has 0 fully saturated rings. The van der Waals surface area contributed by atoms with Crippen LogP contribution in [0.15, 0.2) is 36.4 Å². The highest BCUT2D eigenvalue weighted by Crippen LogP contribution is 2.33. The van der Waals surface area contributed by atoms with Crippen molar-refractivity contribution in [2.24, 2.45) is 0 Å². The van der Waals surface area contributed by atoms with E-state index < -0.39 is 27.7 Å². The Morgan fingerprint density at radius 1 is 1.00 bits per heavy atom. The molecule has 140 valence electrons. The van der Waals surface area contributed by atoms with Gasteiger partial charge in [0.1, 0.15) is 5.75 Å². The third-order valence-corrected chi connectivity index (χ3v) is 4.87. The summed E-state index contributed by atoms with van der Waals surface area (Å²) >= 11 is 0. The van der Waals surface area contributed by atoms with Crippen molar-refractivity contribution in [1.82, 2.24) is 0 Å². The third kappa shape index (κ3) is 4.17. The first kappa shape index (κ1) is 19.4. The highest BCUT2D eigenvalue weighted by Gasteiger charge is 2.24. The molecule has 0 aliphatic heterocycles. The predicted octanol–water partition coefficient (Wildman–Crippen LogP) is 2.23. The molecule has 9 heteroatoms. The zero-order valence-electron chi connectivity index (χ0n) is 14.5. The summed E-state index contributed by atoms with van der Waals surface area (Å²) in [5.74, 6) is -1.61. The second-order valence-electron chi connectivity index (χ2n) is 6.01. The molecule has 26 heavy (non-hydrogen) atoms. The lowest BCUT2D eigenvalue weighted by molar-refractivity contribution is 0.102. The van der Waals surface area contributed by atoms with Gasteiger partial charge in [0, 0.05) is 17.3 Å². The molecule has 0 heterocycles. The number of benzene rings is 2. The van der Waals surface area contributed by atoms with Gasteiger partial charge in [-0.1, -0.05) is 0 Å². The number of nitrogens with zero attached hydrogens (tertiary/aromatic N) is 1. The summed E-state index contributed by atoms with van der Waals surface area (Å²) in [6, 6.07) is 7.19. The fourth-order valence-electron chi connectivity index (χ4n) is 2.49.